The Kier molecular flexibility index (Phi) is 3.75. The SMILES string of the molecule is NCCC1COc2cccc(-c3ccc(F)cc3F)c2O1. The van der Waals surface area contributed by atoms with Crippen molar-refractivity contribution in [3.63, 3.8) is 0 Å². The summed E-state index contributed by atoms with van der Waals surface area (Å²) >= 11 is 0. The third kappa shape index (κ3) is 2.69. The summed E-state index contributed by atoms with van der Waals surface area (Å²) in [5.74, 6) is -0.204. The fraction of sp³-hybridized carbons (Fsp3) is 0.250. The molecule has 0 amide bonds. The minimum atomic E-state index is -0.632. The molecule has 1 aliphatic heterocycles. The van der Waals surface area contributed by atoms with E-state index in [-0.39, 0.29) is 11.7 Å². The van der Waals surface area contributed by atoms with E-state index in [1.54, 1.807) is 18.2 Å². The summed E-state index contributed by atoms with van der Waals surface area (Å²) in [4.78, 5) is 0. The summed E-state index contributed by atoms with van der Waals surface area (Å²) in [5, 5.41) is 0. The Morgan fingerprint density at radius 3 is 2.76 bits per heavy atom. The molecule has 0 fully saturated rings. The molecular weight excluding hydrogens is 276 g/mol. The van der Waals surface area contributed by atoms with Crippen molar-refractivity contribution in [1.82, 2.24) is 0 Å². The first-order chi connectivity index (χ1) is 10.2. The van der Waals surface area contributed by atoms with Crippen molar-refractivity contribution >= 4 is 0 Å². The van der Waals surface area contributed by atoms with Crippen LogP contribution in [0.5, 0.6) is 11.5 Å². The lowest BCUT2D eigenvalue weighted by Crippen LogP contribution is -2.31. The van der Waals surface area contributed by atoms with Gasteiger partial charge in [-0.1, -0.05) is 12.1 Å². The van der Waals surface area contributed by atoms with E-state index in [1.807, 2.05) is 0 Å². The zero-order valence-electron chi connectivity index (χ0n) is 11.3. The van der Waals surface area contributed by atoms with Crippen molar-refractivity contribution in [2.75, 3.05) is 13.2 Å². The quantitative estimate of drug-likeness (QED) is 0.945. The van der Waals surface area contributed by atoms with Crippen LogP contribution in [0.25, 0.3) is 11.1 Å². The minimum absolute atomic E-state index is 0.160. The first-order valence-corrected chi connectivity index (χ1v) is 6.77. The van der Waals surface area contributed by atoms with Crippen LogP contribution in [0.1, 0.15) is 6.42 Å². The van der Waals surface area contributed by atoms with Crippen molar-refractivity contribution < 1.29 is 18.3 Å². The van der Waals surface area contributed by atoms with E-state index in [0.717, 1.165) is 6.07 Å². The molecule has 0 bridgehead atoms. The van der Waals surface area contributed by atoms with Crippen LogP contribution in [0.15, 0.2) is 36.4 Å². The molecule has 21 heavy (non-hydrogen) atoms. The molecule has 0 aromatic heterocycles. The van der Waals surface area contributed by atoms with E-state index in [9.17, 15) is 8.78 Å². The molecule has 0 aliphatic carbocycles. The predicted octanol–water partition coefficient (Wildman–Crippen LogP) is 3.12. The molecule has 1 unspecified atom stereocenters. The van der Waals surface area contributed by atoms with Crippen LogP contribution < -0.4 is 15.2 Å². The van der Waals surface area contributed by atoms with E-state index in [0.29, 0.717) is 36.6 Å². The molecule has 5 heteroatoms. The summed E-state index contributed by atoms with van der Waals surface area (Å²) in [6.07, 6.45) is 0.492. The molecule has 0 saturated heterocycles. The van der Waals surface area contributed by atoms with E-state index in [1.165, 1.54) is 12.1 Å². The molecule has 3 nitrogen and oxygen atoms in total. The van der Waals surface area contributed by atoms with E-state index in [4.69, 9.17) is 15.2 Å². The highest BCUT2D eigenvalue weighted by atomic mass is 19.1. The lowest BCUT2D eigenvalue weighted by Gasteiger charge is -2.28. The van der Waals surface area contributed by atoms with Crippen molar-refractivity contribution in [2.24, 2.45) is 5.73 Å². The van der Waals surface area contributed by atoms with Gasteiger partial charge in [-0.15, -0.1) is 0 Å². The van der Waals surface area contributed by atoms with E-state index >= 15 is 0 Å². The Hall–Kier alpha value is -2.14. The zero-order valence-corrected chi connectivity index (χ0v) is 11.3. The van der Waals surface area contributed by atoms with Crippen molar-refractivity contribution in [2.45, 2.75) is 12.5 Å². The fourth-order valence-electron chi connectivity index (χ4n) is 2.38. The highest BCUT2D eigenvalue weighted by Crippen LogP contribution is 2.42. The standard InChI is InChI=1S/C16H15F2NO2/c17-10-4-5-12(14(18)8-10)13-2-1-3-15-16(13)21-11(6-7-19)9-20-15/h1-5,8,11H,6-7,9,19H2. The second kappa shape index (κ2) is 5.69. The Labute approximate surface area is 121 Å². The number of hydrogen-bond donors (Lipinski definition) is 1. The van der Waals surface area contributed by atoms with Crippen LogP contribution in [0.4, 0.5) is 8.78 Å². The van der Waals surface area contributed by atoms with Gasteiger partial charge in [0.05, 0.1) is 0 Å². The summed E-state index contributed by atoms with van der Waals surface area (Å²) in [6.45, 7) is 0.899. The maximum Gasteiger partial charge on any atom is 0.169 e. The first kappa shape index (κ1) is 13.8. The van der Waals surface area contributed by atoms with Crippen LogP contribution >= 0.6 is 0 Å². The molecule has 2 N–H and O–H groups in total. The number of halogens is 2. The number of rotatable bonds is 3. The van der Waals surface area contributed by atoms with Crippen LogP contribution in [0, 0.1) is 11.6 Å². The van der Waals surface area contributed by atoms with E-state index in [2.05, 4.69) is 0 Å². The lowest BCUT2D eigenvalue weighted by atomic mass is 10.0. The van der Waals surface area contributed by atoms with Crippen molar-refractivity contribution in [3.8, 4) is 22.6 Å². The highest BCUT2D eigenvalue weighted by Gasteiger charge is 2.24. The number of hydrogen-bond acceptors (Lipinski definition) is 3. The van der Waals surface area contributed by atoms with Gasteiger partial charge in [0.15, 0.2) is 11.5 Å². The van der Waals surface area contributed by atoms with Gasteiger partial charge in [-0.2, -0.15) is 0 Å². The minimum Gasteiger partial charge on any atom is -0.486 e. The zero-order chi connectivity index (χ0) is 14.8. The molecule has 2 aromatic rings. The second-order valence-electron chi connectivity index (χ2n) is 4.89. The molecule has 110 valence electrons. The Balaban J connectivity index is 2.04. The van der Waals surface area contributed by atoms with Crippen molar-refractivity contribution in [3.05, 3.63) is 48.0 Å². The molecule has 1 aliphatic rings. The Morgan fingerprint density at radius 2 is 2.00 bits per heavy atom. The maximum atomic E-state index is 14.0. The molecule has 1 heterocycles. The van der Waals surface area contributed by atoms with Crippen molar-refractivity contribution in [1.29, 1.82) is 0 Å². The Bertz CT molecular complexity index is 661. The maximum absolute atomic E-state index is 14.0. The average molecular weight is 291 g/mol. The van der Waals surface area contributed by atoms with Gasteiger partial charge in [0.1, 0.15) is 24.3 Å². The molecule has 1 atom stereocenters. The van der Waals surface area contributed by atoms with Gasteiger partial charge in [-0.25, -0.2) is 8.78 Å². The largest absolute Gasteiger partial charge is 0.486 e. The number of fused-ring (bicyclic) bond motifs is 1. The Morgan fingerprint density at radius 1 is 1.14 bits per heavy atom. The molecule has 0 saturated carbocycles. The highest BCUT2D eigenvalue weighted by molar-refractivity contribution is 5.74. The molecule has 0 spiro atoms. The predicted molar refractivity (Wildman–Crippen MR) is 75.4 cm³/mol. The summed E-state index contributed by atoms with van der Waals surface area (Å²) in [5.41, 5.74) is 6.36. The van der Waals surface area contributed by atoms with Gasteiger partial charge in [-0.3, -0.25) is 0 Å². The number of nitrogens with two attached hydrogens (primary N) is 1. The smallest absolute Gasteiger partial charge is 0.169 e. The molecule has 0 radical (unpaired) electrons. The second-order valence-corrected chi connectivity index (χ2v) is 4.89. The van der Waals surface area contributed by atoms with Gasteiger partial charge in [0, 0.05) is 17.2 Å². The third-order valence-electron chi connectivity index (χ3n) is 3.40. The monoisotopic (exact) mass is 291 g/mol. The van der Waals surface area contributed by atoms with E-state index < -0.39 is 11.6 Å². The molecule has 2 aromatic carbocycles. The first-order valence-electron chi connectivity index (χ1n) is 6.77. The van der Waals surface area contributed by atoms with Crippen LogP contribution in [0.2, 0.25) is 0 Å². The third-order valence-corrected chi connectivity index (χ3v) is 3.40. The van der Waals surface area contributed by atoms with Crippen LogP contribution in [0.3, 0.4) is 0 Å². The van der Waals surface area contributed by atoms with Crippen LogP contribution in [-0.4, -0.2) is 19.3 Å². The van der Waals surface area contributed by atoms with Gasteiger partial charge in [-0.05, 0) is 31.2 Å². The fourth-order valence-corrected chi connectivity index (χ4v) is 2.38. The van der Waals surface area contributed by atoms with Gasteiger partial charge < -0.3 is 15.2 Å². The van der Waals surface area contributed by atoms with Crippen LogP contribution in [-0.2, 0) is 0 Å². The number of benzene rings is 2. The molecule has 3 rings (SSSR count). The normalized spacial score (nSPS) is 16.8. The van der Waals surface area contributed by atoms with Gasteiger partial charge >= 0.3 is 0 Å². The average Bonchev–Trinajstić information content (AvgIpc) is 2.47. The van der Waals surface area contributed by atoms with Gasteiger partial charge in [0.2, 0.25) is 0 Å². The van der Waals surface area contributed by atoms with Gasteiger partial charge in [0.25, 0.3) is 0 Å². The lowest BCUT2D eigenvalue weighted by molar-refractivity contribution is 0.0873. The summed E-state index contributed by atoms with van der Waals surface area (Å²) in [7, 11) is 0. The number of para-hydroxylation sites is 1. The topological polar surface area (TPSA) is 44.5 Å². The summed E-state index contributed by atoms with van der Waals surface area (Å²) in [6, 6.07) is 8.72. The number of ether oxygens (including phenoxy) is 2. The summed E-state index contributed by atoms with van der Waals surface area (Å²) < 4.78 is 38.6. The molecular formula is C16H15F2NO2.